The Labute approximate surface area is 183 Å². The van der Waals surface area contributed by atoms with Crippen molar-refractivity contribution in [2.45, 2.75) is 24.8 Å². The number of hydrogen-bond donors (Lipinski definition) is 2. The van der Waals surface area contributed by atoms with Gasteiger partial charge in [-0.25, -0.2) is 18.0 Å². The Hall–Kier alpha value is -2.26. The van der Waals surface area contributed by atoms with Crippen LogP contribution in [0.3, 0.4) is 0 Å². The molecule has 2 heterocycles. The fraction of sp³-hybridized carbons (Fsp3) is 0.300. The maximum absolute atomic E-state index is 13.8. The smallest absolute Gasteiger partial charge is 0.322 e. The summed E-state index contributed by atoms with van der Waals surface area (Å²) in [5, 5.41) is 5.62. The van der Waals surface area contributed by atoms with Gasteiger partial charge in [0.1, 0.15) is 5.82 Å². The van der Waals surface area contributed by atoms with Gasteiger partial charge in [-0.1, -0.05) is 27.5 Å². The Bertz CT molecular complexity index is 1050. The average molecular weight is 503 g/mol. The second-order valence-electron chi connectivity index (χ2n) is 7.30. The van der Waals surface area contributed by atoms with E-state index in [-0.39, 0.29) is 35.7 Å². The zero-order valence-electron chi connectivity index (χ0n) is 15.4. The Kier molecular flexibility index (Phi) is 5.44. The second kappa shape index (κ2) is 7.77. The van der Waals surface area contributed by atoms with Crippen LogP contribution in [0.25, 0.3) is 0 Å². The number of amides is 3. The molecule has 10 heteroatoms. The van der Waals surface area contributed by atoms with Crippen LogP contribution in [-0.4, -0.2) is 35.9 Å². The third-order valence-corrected chi connectivity index (χ3v) is 5.95. The predicted octanol–water partition coefficient (Wildman–Crippen LogP) is 5.34. The van der Waals surface area contributed by atoms with E-state index in [0.717, 1.165) is 4.90 Å². The largest absolute Gasteiger partial charge is 0.341 e. The van der Waals surface area contributed by atoms with E-state index in [2.05, 4.69) is 26.6 Å². The Morgan fingerprint density at radius 3 is 2.80 bits per heavy atom. The number of carbonyl (C=O) groups excluding carboxylic acids is 2. The van der Waals surface area contributed by atoms with Crippen molar-refractivity contribution in [2.24, 2.45) is 0 Å². The number of fused-ring (bicyclic) bond motifs is 1. The summed E-state index contributed by atoms with van der Waals surface area (Å²) in [4.78, 5) is 26.3. The number of anilines is 1. The summed E-state index contributed by atoms with van der Waals surface area (Å²) in [6.07, 6.45) is -0.0692. The van der Waals surface area contributed by atoms with Crippen molar-refractivity contribution in [1.82, 2.24) is 10.2 Å². The van der Waals surface area contributed by atoms with Gasteiger partial charge in [-0.05, 0) is 36.8 Å². The van der Waals surface area contributed by atoms with Gasteiger partial charge in [0.15, 0.2) is 0 Å². The minimum Gasteiger partial charge on any atom is -0.341 e. The van der Waals surface area contributed by atoms with Gasteiger partial charge >= 0.3 is 6.03 Å². The van der Waals surface area contributed by atoms with Crippen molar-refractivity contribution in [3.63, 3.8) is 0 Å². The molecule has 0 spiro atoms. The van der Waals surface area contributed by atoms with Gasteiger partial charge in [-0.15, -0.1) is 0 Å². The average Bonchev–Trinajstić information content (AvgIpc) is 2.99. The topological polar surface area (TPSA) is 61.4 Å². The van der Waals surface area contributed by atoms with E-state index in [9.17, 15) is 22.8 Å². The first-order valence-corrected chi connectivity index (χ1v) is 10.3. The van der Waals surface area contributed by atoms with Crippen LogP contribution in [-0.2, 0) is 0 Å². The molecular weight excluding hydrogens is 487 g/mol. The summed E-state index contributed by atoms with van der Waals surface area (Å²) in [7, 11) is 0. The number of halogens is 5. The highest BCUT2D eigenvalue weighted by Crippen LogP contribution is 2.41. The standard InChI is InChI=1S/C20H16BrClF3N3O2/c21-10-6-13-16(17(27-18(13)29)12-8-11(23)2-3-14(12)22)15(7-10)26-19(30)28-5-1-4-20(24,25)9-28/h2-3,6-8,17H,1,4-5,9H2,(H,26,30)(H,27,29). The molecule has 1 saturated heterocycles. The van der Waals surface area contributed by atoms with E-state index in [1.54, 1.807) is 12.1 Å². The lowest BCUT2D eigenvalue weighted by Crippen LogP contribution is -2.47. The molecular formula is C20H16BrClF3N3O2. The van der Waals surface area contributed by atoms with Crippen LogP contribution in [0, 0.1) is 5.82 Å². The summed E-state index contributed by atoms with van der Waals surface area (Å²) in [6, 6.07) is 5.43. The Morgan fingerprint density at radius 2 is 2.07 bits per heavy atom. The summed E-state index contributed by atoms with van der Waals surface area (Å²) in [5.74, 6) is -3.89. The molecule has 0 saturated carbocycles. The van der Waals surface area contributed by atoms with Crippen LogP contribution in [0.1, 0.15) is 40.4 Å². The number of rotatable bonds is 2. The number of likely N-dealkylation sites (tertiary alicyclic amines) is 1. The van der Waals surface area contributed by atoms with Crippen molar-refractivity contribution in [1.29, 1.82) is 0 Å². The first-order valence-electron chi connectivity index (χ1n) is 9.18. The molecule has 30 heavy (non-hydrogen) atoms. The van der Waals surface area contributed by atoms with E-state index in [1.807, 2.05) is 0 Å². The minimum atomic E-state index is -2.94. The normalized spacial score (nSPS) is 20.0. The third-order valence-electron chi connectivity index (χ3n) is 5.14. The second-order valence-corrected chi connectivity index (χ2v) is 8.62. The first kappa shape index (κ1) is 21.0. The molecule has 1 unspecified atom stereocenters. The number of benzene rings is 2. The van der Waals surface area contributed by atoms with Gasteiger partial charge in [-0.2, -0.15) is 0 Å². The fourth-order valence-electron chi connectivity index (χ4n) is 3.80. The first-order chi connectivity index (χ1) is 14.1. The molecule has 2 aromatic carbocycles. The van der Waals surface area contributed by atoms with Crippen LogP contribution < -0.4 is 10.6 Å². The molecule has 3 amide bonds. The van der Waals surface area contributed by atoms with Gasteiger partial charge in [0.25, 0.3) is 11.8 Å². The van der Waals surface area contributed by atoms with Gasteiger partial charge in [0.2, 0.25) is 0 Å². The fourth-order valence-corrected chi connectivity index (χ4v) is 4.49. The number of urea groups is 1. The van der Waals surface area contributed by atoms with Crippen molar-refractivity contribution >= 4 is 45.2 Å². The molecule has 1 fully saturated rings. The summed E-state index contributed by atoms with van der Waals surface area (Å²) < 4.78 is 41.8. The molecule has 0 bridgehead atoms. The molecule has 2 aliphatic rings. The highest BCUT2D eigenvalue weighted by atomic mass is 79.9. The Balaban J connectivity index is 1.72. The summed E-state index contributed by atoms with van der Waals surface area (Å²) >= 11 is 9.53. The zero-order chi connectivity index (χ0) is 21.6. The van der Waals surface area contributed by atoms with Crippen LogP contribution >= 0.6 is 27.5 Å². The number of nitrogens with zero attached hydrogens (tertiary/aromatic N) is 1. The molecule has 0 aliphatic carbocycles. The van der Waals surface area contributed by atoms with Crippen LogP contribution in [0.4, 0.5) is 23.7 Å². The van der Waals surface area contributed by atoms with E-state index in [1.165, 1.54) is 18.2 Å². The molecule has 2 N–H and O–H groups in total. The summed E-state index contributed by atoms with van der Waals surface area (Å²) in [6.45, 7) is -0.473. The van der Waals surface area contributed by atoms with E-state index in [0.29, 0.717) is 15.6 Å². The molecule has 2 aliphatic heterocycles. The maximum atomic E-state index is 13.8. The molecule has 2 aromatic rings. The van der Waals surface area contributed by atoms with E-state index in [4.69, 9.17) is 11.6 Å². The highest BCUT2D eigenvalue weighted by molar-refractivity contribution is 9.10. The van der Waals surface area contributed by atoms with E-state index >= 15 is 0 Å². The van der Waals surface area contributed by atoms with E-state index < -0.39 is 36.3 Å². The molecule has 1 atom stereocenters. The van der Waals surface area contributed by atoms with Gasteiger partial charge in [0.05, 0.1) is 12.6 Å². The number of hydrogen-bond acceptors (Lipinski definition) is 2. The van der Waals surface area contributed by atoms with Gasteiger partial charge < -0.3 is 15.5 Å². The molecule has 5 nitrogen and oxygen atoms in total. The van der Waals surface area contributed by atoms with Crippen LogP contribution in [0.15, 0.2) is 34.8 Å². The Morgan fingerprint density at radius 1 is 1.30 bits per heavy atom. The monoisotopic (exact) mass is 501 g/mol. The van der Waals surface area contributed by atoms with Crippen molar-refractivity contribution in [2.75, 3.05) is 18.4 Å². The van der Waals surface area contributed by atoms with Crippen molar-refractivity contribution in [3.05, 3.63) is 62.3 Å². The van der Waals surface area contributed by atoms with Gasteiger partial charge in [-0.3, -0.25) is 4.79 Å². The van der Waals surface area contributed by atoms with Gasteiger partial charge in [0, 0.05) is 44.8 Å². The lowest BCUT2D eigenvalue weighted by molar-refractivity contribution is -0.0510. The molecule has 0 radical (unpaired) electrons. The minimum absolute atomic E-state index is 0.193. The van der Waals surface area contributed by atoms with Crippen molar-refractivity contribution < 1.29 is 22.8 Å². The summed E-state index contributed by atoms with van der Waals surface area (Å²) in [5.41, 5.74) is 1.25. The number of carbonyl (C=O) groups is 2. The van der Waals surface area contributed by atoms with Crippen LogP contribution in [0.2, 0.25) is 5.02 Å². The molecule has 0 aromatic heterocycles. The number of alkyl halides is 2. The van der Waals surface area contributed by atoms with Crippen molar-refractivity contribution in [3.8, 4) is 0 Å². The lowest BCUT2D eigenvalue weighted by Gasteiger charge is -2.32. The quantitative estimate of drug-likeness (QED) is 0.583. The van der Waals surface area contributed by atoms with Crippen LogP contribution in [0.5, 0.6) is 0 Å². The molecule has 4 rings (SSSR count). The SMILES string of the molecule is O=C1NC(c2cc(F)ccc2Cl)c2c(NC(=O)N3CCCC(F)(F)C3)cc(Br)cc21. The number of piperidine rings is 1. The number of nitrogens with one attached hydrogen (secondary N) is 2. The predicted molar refractivity (Wildman–Crippen MR) is 110 cm³/mol. The highest BCUT2D eigenvalue weighted by Gasteiger charge is 2.38. The molecule has 158 valence electrons. The lowest BCUT2D eigenvalue weighted by atomic mass is 9.96. The maximum Gasteiger partial charge on any atom is 0.322 e. The zero-order valence-corrected chi connectivity index (χ0v) is 17.8. The third kappa shape index (κ3) is 4.00.